The van der Waals surface area contributed by atoms with Gasteiger partial charge in [0.15, 0.2) is 12.8 Å². The number of fused-ring (bicyclic) bond motifs is 2. The minimum Gasteiger partial charge on any atom is -0.497 e. The maximum absolute atomic E-state index is 13.6. The van der Waals surface area contributed by atoms with Gasteiger partial charge in [-0.3, -0.25) is 9.59 Å². The fourth-order valence-electron chi connectivity index (χ4n) is 4.72. The SMILES string of the molecule is COc1ccc(C23Cn4cc([N+](=O)OC)cc4C(=O)N2CCN3C(=O)c2conc2C)cc1. The van der Waals surface area contributed by atoms with E-state index in [2.05, 4.69) is 5.16 Å². The lowest BCUT2D eigenvalue weighted by molar-refractivity contribution is -0.736. The second kappa shape index (κ2) is 7.47. The molecule has 0 bridgehead atoms. The highest BCUT2D eigenvalue weighted by Gasteiger charge is 2.57. The highest BCUT2D eigenvalue weighted by Crippen LogP contribution is 2.44. The van der Waals surface area contributed by atoms with Gasteiger partial charge in [0, 0.05) is 18.7 Å². The van der Waals surface area contributed by atoms with Gasteiger partial charge in [0.05, 0.1) is 36.5 Å². The zero-order valence-electron chi connectivity index (χ0n) is 18.3. The van der Waals surface area contributed by atoms with Crippen molar-refractivity contribution >= 4 is 17.5 Å². The summed E-state index contributed by atoms with van der Waals surface area (Å²) < 4.78 is 12.0. The second-order valence-electron chi connectivity index (χ2n) is 7.92. The molecule has 0 N–H and O–H groups in total. The Hall–Kier alpha value is -4.15. The Morgan fingerprint density at radius 3 is 2.61 bits per heavy atom. The first-order valence-corrected chi connectivity index (χ1v) is 10.3. The van der Waals surface area contributed by atoms with Gasteiger partial charge in [0.1, 0.15) is 23.3 Å². The summed E-state index contributed by atoms with van der Waals surface area (Å²) in [7, 11) is 2.83. The summed E-state index contributed by atoms with van der Waals surface area (Å²) in [6.45, 7) is 2.58. The van der Waals surface area contributed by atoms with Crippen LogP contribution in [-0.2, 0) is 17.0 Å². The number of amides is 2. The zero-order chi connectivity index (χ0) is 23.3. The number of rotatable bonds is 5. The lowest BCUT2D eigenvalue weighted by Gasteiger charge is -2.47. The maximum Gasteiger partial charge on any atom is 0.335 e. The zero-order valence-corrected chi connectivity index (χ0v) is 18.3. The third kappa shape index (κ3) is 2.92. The molecule has 2 aliphatic rings. The summed E-state index contributed by atoms with van der Waals surface area (Å²) in [5.41, 5.74) is 0.969. The average Bonchev–Trinajstić information content (AvgIpc) is 3.55. The average molecular weight is 452 g/mol. The number of carbonyl (C=O) groups excluding carboxylic acids is 2. The van der Waals surface area contributed by atoms with Crippen LogP contribution < -0.4 is 4.74 Å². The molecule has 1 unspecified atom stereocenters. The highest BCUT2D eigenvalue weighted by atomic mass is 16.8. The van der Waals surface area contributed by atoms with E-state index in [0.29, 0.717) is 40.7 Å². The van der Waals surface area contributed by atoms with Crippen LogP contribution in [0.5, 0.6) is 5.75 Å². The third-order valence-corrected chi connectivity index (χ3v) is 6.33. The Kier molecular flexibility index (Phi) is 4.69. The van der Waals surface area contributed by atoms with Crippen LogP contribution in [0.3, 0.4) is 0 Å². The summed E-state index contributed by atoms with van der Waals surface area (Å²) in [6, 6.07) is 8.76. The van der Waals surface area contributed by atoms with Crippen molar-refractivity contribution in [3.63, 3.8) is 0 Å². The molecule has 0 aliphatic carbocycles. The largest absolute Gasteiger partial charge is 0.497 e. The number of aromatic nitrogens is 2. The quantitative estimate of drug-likeness (QED) is 0.546. The monoisotopic (exact) mass is 452 g/mol. The molecule has 1 aromatic carbocycles. The summed E-state index contributed by atoms with van der Waals surface area (Å²) in [4.78, 5) is 47.7. The molecule has 11 nitrogen and oxygen atoms in total. The van der Waals surface area contributed by atoms with E-state index in [-0.39, 0.29) is 24.0 Å². The molecular weight excluding hydrogens is 430 g/mol. The first kappa shape index (κ1) is 20.7. The van der Waals surface area contributed by atoms with Crippen molar-refractivity contribution < 1.29 is 28.6 Å². The third-order valence-electron chi connectivity index (χ3n) is 6.33. The Balaban J connectivity index is 1.68. The molecule has 1 atom stereocenters. The van der Waals surface area contributed by atoms with Crippen molar-refractivity contribution in [1.82, 2.24) is 19.5 Å². The van der Waals surface area contributed by atoms with Crippen molar-refractivity contribution in [1.29, 1.82) is 0 Å². The summed E-state index contributed by atoms with van der Waals surface area (Å²) in [5, 5.41) is 3.84. The summed E-state index contributed by atoms with van der Waals surface area (Å²) in [5.74, 6) is 0.0730. The molecule has 0 radical (unpaired) electrons. The van der Waals surface area contributed by atoms with Gasteiger partial charge in [-0.1, -0.05) is 17.3 Å². The Labute approximate surface area is 188 Å². The van der Waals surface area contributed by atoms with E-state index in [1.54, 1.807) is 46.7 Å². The van der Waals surface area contributed by atoms with Gasteiger partial charge in [0.25, 0.3) is 16.7 Å². The minimum atomic E-state index is -1.12. The van der Waals surface area contributed by atoms with E-state index in [0.717, 1.165) is 5.56 Å². The van der Waals surface area contributed by atoms with Crippen LogP contribution in [0.1, 0.15) is 32.1 Å². The van der Waals surface area contributed by atoms with Crippen LogP contribution in [0.4, 0.5) is 5.69 Å². The molecule has 11 heteroatoms. The first-order chi connectivity index (χ1) is 15.9. The molecule has 0 spiro atoms. The maximum atomic E-state index is 13.6. The number of hydrogen-bond acceptors (Lipinski definition) is 7. The van der Waals surface area contributed by atoms with Gasteiger partial charge in [-0.2, -0.15) is 0 Å². The van der Waals surface area contributed by atoms with Crippen molar-refractivity contribution in [3.05, 3.63) is 70.2 Å². The number of aryl methyl sites for hydroxylation is 1. The predicted molar refractivity (Wildman–Crippen MR) is 113 cm³/mol. The van der Waals surface area contributed by atoms with E-state index in [9.17, 15) is 14.5 Å². The fourth-order valence-corrected chi connectivity index (χ4v) is 4.72. The molecule has 170 valence electrons. The number of carbonyl (C=O) groups is 2. The van der Waals surface area contributed by atoms with E-state index < -0.39 is 5.66 Å². The lowest BCUT2D eigenvalue weighted by Crippen LogP contribution is -2.60. The molecule has 3 aromatic rings. The van der Waals surface area contributed by atoms with Gasteiger partial charge in [-0.05, 0) is 19.1 Å². The fraction of sp³-hybridized carbons (Fsp3) is 0.318. The number of benzene rings is 1. The topological polar surface area (TPSA) is 110 Å². The van der Waals surface area contributed by atoms with Crippen molar-refractivity contribution in [2.24, 2.45) is 0 Å². The molecule has 2 aliphatic heterocycles. The van der Waals surface area contributed by atoms with Gasteiger partial charge < -0.3 is 23.6 Å². The van der Waals surface area contributed by atoms with Crippen molar-refractivity contribution in [2.75, 3.05) is 27.3 Å². The number of nitrogens with zero attached hydrogens (tertiary/aromatic N) is 5. The minimum absolute atomic E-state index is 0.194. The Morgan fingerprint density at radius 2 is 1.97 bits per heavy atom. The lowest BCUT2D eigenvalue weighted by atomic mass is 9.93. The van der Waals surface area contributed by atoms with E-state index >= 15 is 0 Å². The van der Waals surface area contributed by atoms with Gasteiger partial charge >= 0.3 is 5.69 Å². The molecule has 1 fully saturated rings. The number of hydrogen-bond donors (Lipinski definition) is 0. The smallest absolute Gasteiger partial charge is 0.335 e. The van der Waals surface area contributed by atoms with Gasteiger partial charge in [0.2, 0.25) is 0 Å². The normalized spacial score (nSPS) is 19.3. The molecule has 4 heterocycles. The van der Waals surface area contributed by atoms with E-state index in [1.165, 1.54) is 19.4 Å². The number of ether oxygens (including phenoxy) is 1. The van der Waals surface area contributed by atoms with Crippen LogP contribution in [0.15, 0.2) is 47.3 Å². The molecule has 2 amide bonds. The molecule has 33 heavy (non-hydrogen) atoms. The molecule has 5 rings (SSSR count). The Morgan fingerprint density at radius 1 is 1.21 bits per heavy atom. The van der Waals surface area contributed by atoms with Crippen LogP contribution in [0.2, 0.25) is 0 Å². The summed E-state index contributed by atoms with van der Waals surface area (Å²) in [6.07, 6.45) is 2.87. The molecular formula is C22H22N5O6+. The number of methoxy groups -OCH3 is 1. The van der Waals surface area contributed by atoms with Crippen LogP contribution >= 0.6 is 0 Å². The van der Waals surface area contributed by atoms with Crippen molar-refractivity contribution in [3.8, 4) is 5.75 Å². The van der Waals surface area contributed by atoms with Crippen LogP contribution in [-0.4, -0.2) is 63.6 Å². The van der Waals surface area contributed by atoms with Gasteiger partial charge in [-0.25, -0.2) is 4.84 Å². The van der Waals surface area contributed by atoms with E-state index in [1.807, 2.05) is 12.1 Å². The van der Waals surface area contributed by atoms with Crippen LogP contribution in [0.25, 0.3) is 0 Å². The van der Waals surface area contributed by atoms with E-state index in [4.69, 9.17) is 14.1 Å². The molecule has 1 saturated heterocycles. The highest BCUT2D eigenvalue weighted by molar-refractivity contribution is 5.99. The molecule has 0 saturated carbocycles. The summed E-state index contributed by atoms with van der Waals surface area (Å²) >= 11 is 0. The standard InChI is InChI=1S/C22H22N5O6/c1-14-18(12-33-23-14)20(28)25-8-9-26-21(29)19-10-16(27(30)32-3)11-24(19)13-22(25,26)15-4-6-17(31-2)7-5-15/h4-7,10-12H,8-9,13H2,1-3H3/q+1. The second-order valence-corrected chi connectivity index (χ2v) is 7.92. The first-order valence-electron chi connectivity index (χ1n) is 10.3. The van der Waals surface area contributed by atoms with Gasteiger partial charge in [-0.15, -0.1) is 0 Å². The van der Waals surface area contributed by atoms with Crippen molar-refractivity contribution in [2.45, 2.75) is 19.1 Å². The Bertz CT molecular complexity index is 1260. The molecule has 2 aromatic heterocycles. The van der Waals surface area contributed by atoms with Crippen LogP contribution in [0, 0.1) is 11.8 Å². The predicted octanol–water partition coefficient (Wildman–Crippen LogP) is 2.23.